The molecule has 0 radical (unpaired) electrons. The van der Waals surface area contributed by atoms with Gasteiger partial charge in [0.15, 0.2) is 0 Å². The standard InChI is InChI=1S/C34H41N5O3/c1-23-29(11-6-12-31(23)42-2)34(41)37-27-20-24-8-7-17-39(30(24)21-27)32-14-13-25(22-35-32)33(40)36-26-15-18-38(19-16-26)28-9-4-3-5-10-28/h3-6,9-14,22,24,26-27,30H,7-8,15-21H2,1-2H3,(H,36,40)(H,37,41). The van der Waals surface area contributed by atoms with Crippen molar-refractivity contribution in [2.75, 3.05) is 36.5 Å². The number of nitrogens with zero attached hydrogens (tertiary/aromatic N) is 3. The number of carbonyl (C=O) groups is 2. The van der Waals surface area contributed by atoms with E-state index in [1.54, 1.807) is 13.3 Å². The second kappa shape index (κ2) is 12.4. The molecule has 2 N–H and O–H groups in total. The van der Waals surface area contributed by atoms with Crippen LogP contribution >= 0.6 is 0 Å². The minimum absolute atomic E-state index is 0.0409. The van der Waals surface area contributed by atoms with Gasteiger partial charge in [-0.25, -0.2) is 4.98 Å². The van der Waals surface area contributed by atoms with Crippen LogP contribution in [0.3, 0.4) is 0 Å². The summed E-state index contributed by atoms with van der Waals surface area (Å²) >= 11 is 0. The van der Waals surface area contributed by atoms with Crippen LogP contribution in [0.5, 0.6) is 5.75 Å². The molecule has 8 heteroatoms. The molecule has 42 heavy (non-hydrogen) atoms. The number of benzene rings is 2. The molecular weight excluding hydrogens is 526 g/mol. The summed E-state index contributed by atoms with van der Waals surface area (Å²) in [4.78, 5) is 35.7. The lowest BCUT2D eigenvalue weighted by Crippen LogP contribution is -2.45. The molecule has 2 aliphatic heterocycles. The molecule has 2 saturated heterocycles. The molecule has 3 atom stereocenters. The number of carbonyl (C=O) groups excluding carboxylic acids is 2. The average molecular weight is 568 g/mol. The predicted molar refractivity (Wildman–Crippen MR) is 165 cm³/mol. The van der Waals surface area contributed by atoms with Crippen molar-refractivity contribution in [3.63, 3.8) is 0 Å². The Bertz CT molecular complexity index is 1390. The summed E-state index contributed by atoms with van der Waals surface area (Å²) in [5.41, 5.74) is 3.37. The van der Waals surface area contributed by atoms with Crippen LogP contribution in [0.1, 0.15) is 64.8 Å². The van der Waals surface area contributed by atoms with E-state index < -0.39 is 0 Å². The molecule has 3 aromatic rings. The molecule has 3 unspecified atom stereocenters. The number of anilines is 2. The minimum atomic E-state index is -0.0554. The van der Waals surface area contributed by atoms with E-state index >= 15 is 0 Å². The molecule has 1 aliphatic carbocycles. The number of ether oxygens (including phenoxy) is 1. The molecule has 1 aromatic heterocycles. The zero-order valence-electron chi connectivity index (χ0n) is 24.6. The van der Waals surface area contributed by atoms with Gasteiger partial charge >= 0.3 is 0 Å². The number of methoxy groups -OCH3 is 1. The smallest absolute Gasteiger partial charge is 0.253 e. The Kier molecular flexibility index (Phi) is 8.31. The fourth-order valence-corrected chi connectivity index (χ4v) is 7.11. The number of pyridine rings is 1. The largest absolute Gasteiger partial charge is 0.496 e. The summed E-state index contributed by atoms with van der Waals surface area (Å²) in [6.45, 7) is 4.73. The lowest BCUT2D eigenvalue weighted by Gasteiger charge is -2.38. The fraction of sp³-hybridized carbons (Fsp3) is 0.441. The second-order valence-corrected chi connectivity index (χ2v) is 11.9. The second-order valence-electron chi connectivity index (χ2n) is 11.9. The number of fused-ring (bicyclic) bond motifs is 1. The summed E-state index contributed by atoms with van der Waals surface area (Å²) in [5.74, 6) is 2.06. The van der Waals surface area contributed by atoms with Crippen LogP contribution < -0.4 is 25.2 Å². The third-order valence-corrected chi connectivity index (χ3v) is 9.37. The topological polar surface area (TPSA) is 86.8 Å². The molecule has 0 bridgehead atoms. The van der Waals surface area contributed by atoms with Gasteiger partial charge in [-0.05, 0) is 87.8 Å². The van der Waals surface area contributed by atoms with Crippen molar-refractivity contribution in [3.8, 4) is 5.75 Å². The van der Waals surface area contributed by atoms with E-state index in [1.165, 1.54) is 5.69 Å². The first-order valence-corrected chi connectivity index (χ1v) is 15.3. The number of hydrogen-bond donors (Lipinski definition) is 2. The van der Waals surface area contributed by atoms with Crippen LogP contribution in [0.4, 0.5) is 11.5 Å². The Morgan fingerprint density at radius 1 is 0.857 bits per heavy atom. The maximum atomic E-state index is 13.1. The Balaban J connectivity index is 1.04. The minimum Gasteiger partial charge on any atom is -0.496 e. The molecule has 3 heterocycles. The van der Waals surface area contributed by atoms with Gasteiger partial charge in [-0.3, -0.25) is 9.59 Å². The fourth-order valence-electron chi connectivity index (χ4n) is 7.11. The lowest BCUT2D eigenvalue weighted by molar-refractivity contribution is 0.0924. The van der Waals surface area contributed by atoms with Crippen LogP contribution in [0.15, 0.2) is 66.9 Å². The molecule has 0 spiro atoms. The van der Waals surface area contributed by atoms with Crippen molar-refractivity contribution in [1.82, 2.24) is 15.6 Å². The summed E-state index contributed by atoms with van der Waals surface area (Å²) in [6, 6.07) is 20.6. The number of amides is 2. The van der Waals surface area contributed by atoms with Gasteiger partial charge in [0.25, 0.3) is 11.8 Å². The van der Waals surface area contributed by atoms with Gasteiger partial charge in [0.2, 0.25) is 0 Å². The van der Waals surface area contributed by atoms with Crippen molar-refractivity contribution >= 4 is 23.3 Å². The van der Waals surface area contributed by atoms with E-state index in [9.17, 15) is 9.59 Å². The van der Waals surface area contributed by atoms with Crippen molar-refractivity contribution in [3.05, 3.63) is 83.6 Å². The first kappa shape index (κ1) is 28.1. The number of aromatic nitrogens is 1. The highest BCUT2D eigenvalue weighted by Gasteiger charge is 2.41. The monoisotopic (exact) mass is 567 g/mol. The third kappa shape index (κ3) is 5.94. The van der Waals surface area contributed by atoms with Gasteiger partial charge in [-0.1, -0.05) is 24.3 Å². The van der Waals surface area contributed by atoms with Crippen molar-refractivity contribution in [1.29, 1.82) is 0 Å². The molecule has 1 saturated carbocycles. The number of piperidine rings is 2. The normalized spacial score (nSPS) is 22.4. The number of hydrogen-bond acceptors (Lipinski definition) is 6. The van der Waals surface area contributed by atoms with Gasteiger partial charge in [-0.2, -0.15) is 0 Å². The molecule has 6 rings (SSSR count). The van der Waals surface area contributed by atoms with Crippen LogP contribution in [-0.2, 0) is 0 Å². The zero-order chi connectivity index (χ0) is 29.1. The SMILES string of the molecule is COc1cccc(C(=O)NC2CC3CCCN(c4ccc(C(=O)NC5CCN(c6ccccc6)CC5)cn4)C3C2)c1C. The van der Waals surface area contributed by atoms with E-state index in [4.69, 9.17) is 9.72 Å². The first-order valence-electron chi connectivity index (χ1n) is 15.3. The summed E-state index contributed by atoms with van der Waals surface area (Å²) in [6.07, 6.45) is 7.70. The summed E-state index contributed by atoms with van der Waals surface area (Å²) in [7, 11) is 1.63. The molecule has 3 fully saturated rings. The Morgan fingerprint density at radius 2 is 1.64 bits per heavy atom. The third-order valence-electron chi connectivity index (χ3n) is 9.37. The molecule has 3 aliphatic rings. The van der Waals surface area contributed by atoms with Gasteiger partial charge in [-0.15, -0.1) is 0 Å². The Morgan fingerprint density at radius 3 is 2.38 bits per heavy atom. The molecular formula is C34H41N5O3. The van der Waals surface area contributed by atoms with Gasteiger partial charge in [0, 0.05) is 60.8 Å². The quantitative estimate of drug-likeness (QED) is 0.419. The van der Waals surface area contributed by atoms with Gasteiger partial charge in [0.1, 0.15) is 11.6 Å². The molecule has 8 nitrogen and oxygen atoms in total. The number of rotatable bonds is 7. The molecule has 220 valence electrons. The van der Waals surface area contributed by atoms with Crippen LogP contribution in [0.2, 0.25) is 0 Å². The predicted octanol–water partition coefficient (Wildman–Crippen LogP) is 4.97. The molecule has 2 aromatic carbocycles. The highest BCUT2D eigenvalue weighted by molar-refractivity contribution is 5.96. The highest BCUT2D eigenvalue weighted by atomic mass is 16.5. The van der Waals surface area contributed by atoms with Crippen molar-refractivity contribution in [2.24, 2.45) is 5.92 Å². The average Bonchev–Trinajstić information content (AvgIpc) is 3.44. The van der Waals surface area contributed by atoms with Gasteiger partial charge < -0.3 is 25.2 Å². The van der Waals surface area contributed by atoms with Crippen LogP contribution in [0, 0.1) is 12.8 Å². The van der Waals surface area contributed by atoms with E-state index in [2.05, 4.69) is 44.7 Å². The van der Waals surface area contributed by atoms with Crippen molar-refractivity contribution in [2.45, 2.75) is 63.6 Å². The van der Waals surface area contributed by atoms with Crippen molar-refractivity contribution < 1.29 is 14.3 Å². The zero-order valence-corrected chi connectivity index (χ0v) is 24.6. The number of nitrogens with one attached hydrogen (secondary N) is 2. The van der Waals surface area contributed by atoms with Crippen LogP contribution in [0.25, 0.3) is 0 Å². The summed E-state index contributed by atoms with van der Waals surface area (Å²) < 4.78 is 5.41. The lowest BCUT2D eigenvalue weighted by atomic mass is 9.92. The number of para-hydroxylation sites is 1. The van der Waals surface area contributed by atoms with E-state index in [1.807, 2.05) is 43.3 Å². The van der Waals surface area contributed by atoms with E-state index in [0.29, 0.717) is 23.1 Å². The highest BCUT2D eigenvalue weighted by Crippen LogP contribution is 2.39. The summed E-state index contributed by atoms with van der Waals surface area (Å²) in [5, 5.41) is 6.52. The van der Waals surface area contributed by atoms with Crippen LogP contribution in [-0.4, -0.2) is 61.7 Å². The Hall–Kier alpha value is -4.07. The molecule has 2 amide bonds. The first-order chi connectivity index (χ1) is 20.5. The maximum Gasteiger partial charge on any atom is 0.253 e. The van der Waals surface area contributed by atoms with E-state index in [0.717, 1.165) is 75.3 Å². The maximum absolute atomic E-state index is 13.1. The Labute approximate surface area is 248 Å². The van der Waals surface area contributed by atoms with E-state index in [-0.39, 0.29) is 23.9 Å². The van der Waals surface area contributed by atoms with Gasteiger partial charge in [0.05, 0.1) is 12.7 Å².